The molecule has 0 atom stereocenters. The van der Waals surface area contributed by atoms with Crippen molar-refractivity contribution in [2.45, 2.75) is 30.1 Å². The summed E-state index contributed by atoms with van der Waals surface area (Å²) in [5, 5.41) is 12.3. The number of thiophene rings is 2. The van der Waals surface area contributed by atoms with E-state index in [0.29, 0.717) is 0 Å². The number of fused-ring (bicyclic) bond motifs is 22. The summed E-state index contributed by atoms with van der Waals surface area (Å²) in [5.74, 6) is 0. The van der Waals surface area contributed by atoms with Crippen LogP contribution in [0.2, 0.25) is 0 Å². The van der Waals surface area contributed by atoms with E-state index in [1.807, 2.05) is 22.7 Å². The summed E-state index contributed by atoms with van der Waals surface area (Å²) in [7, 11) is 0. The van der Waals surface area contributed by atoms with E-state index in [1.165, 1.54) is 201 Å². The molecule has 0 unspecified atom stereocenters. The molecule has 4 aromatic heterocycles. The summed E-state index contributed by atoms with van der Waals surface area (Å²) in [6.45, 7) is 4.84. The van der Waals surface area contributed by atoms with Crippen molar-refractivity contribution in [3.63, 3.8) is 0 Å². The standard InChI is InChI=1S/C137H90N4S2/c1-135(2)120-75-59-93(94-62-78-130-119(82-94)132-114-74-71-105(86-123(114)137(134(132)143-130,98-38-15-6-16-39-98)99-40-17-7-18-41-99)139(128-83-95-33-21-22-44-107(95)108-45-23-24-46-110(108)128)103-67-57-90(58-68-103)91-60-76-126-117(80-91)111-47-25-28-50-124(111)140(126)100-42-19-8-20-43-100)79-116(120)109-72-69-106(84-121(109)135)141-125-51-29-26-48-112(125)118-81-92(61-77-127(118)141)89-55-65-102(66-56-89)138(101-63-53-88(54-64-101)87-31-9-3-10-32-87)104-70-73-113-122(85-104)136(96-34-11-4-12-35-96,97-36-13-5-14-37-97)133-131(113)115-49-27-30-52-129(115)142-133/h3-86H,1-2H3. The zero-order valence-corrected chi connectivity index (χ0v) is 80.2. The summed E-state index contributed by atoms with van der Waals surface area (Å²) in [6.07, 6.45) is 0. The summed E-state index contributed by atoms with van der Waals surface area (Å²) < 4.78 is 7.46. The van der Waals surface area contributed by atoms with Crippen molar-refractivity contribution < 1.29 is 0 Å². The van der Waals surface area contributed by atoms with E-state index in [0.717, 1.165) is 62.2 Å². The fourth-order valence-electron chi connectivity index (χ4n) is 24.9. The molecule has 26 aromatic rings. The smallest absolute Gasteiger partial charge is 0.0808 e. The van der Waals surface area contributed by atoms with Gasteiger partial charge in [0, 0.05) is 113 Å². The first-order chi connectivity index (χ1) is 70.6. The predicted molar refractivity (Wildman–Crippen MR) is 604 cm³/mol. The highest BCUT2D eigenvalue weighted by Gasteiger charge is 2.51. The van der Waals surface area contributed by atoms with Gasteiger partial charge in [-0.15, -0.1) is 22.7 Å². The lowest BCUT2D eigenvalue weighted by molar-refractivity contribution is 0.660. The van der Waals surface area contributed by atoms with Gasteiger partial charge in [-0.1, -0.05) is 372 Å². The van der Waals surface area contributed by atoms with E-state index >= 15 is 0 Å². The molecule has 0 fully saturated rings. The minimum absolute atomic E-state index is 0.292. The Hall–Kier alpha value is -17.5. The molecular formula is C137H90N4S2. The highest BCUT2D eigenvalue weighted by Crippen LogP contribution is 2.65. The molecule has 0 N–H and O–H groups in total. The summed E-state index contributed by atoms with van der Waals surface area (Å²) in [4.78, 5) is 7.68. The van der Waals surface area contributed by atoms with Crippen molar-refractivity contribution >= 4 is 142 Å². The molecule has 670 valence electrons. The number of hydrogen-bond donors (Lipinski definition) is 0. The Bertz CT molecular complexity index is 9570. The van der Waals surface area contributed by atoms with Gasteiger partial charge in [0.1, 0.15) is 0 Å². The maximum atomic E-state index is 2.55. The zero-order valence-electron chi connectivity index (χ0n) is 78.6. The molecule has 0 spiro atoms. The van der Waals surface area contributed by atoms with Gasteiger partial charge in [0.15, 0.2) is 0 Å². The van der Waals surface area contributed by atoms with Crippen LogP contribution < -0.4 is 9.80 Å². The average Bonchev–Trinajstić information content (AvgIpc) is 1.52. The molecule has 29 rings (SSSR count). The predicted octanol–water partition coefficient (Wildman–Crippen LogP) is 37.3. The first-order valence-corrected chi connectivity index (χ1v) is 51.2. The molecule has 0 saturated heterocycles. The molecular weight excluding hydrogens is 1770 g/mol. The first kappa shape index (κ1) is 82.5. The van der Waals surface area contributed by atoms with Crippen LogP contribution in [0.5, 0.6) is 0 Å². The lowest BCUT2D eigenvalue weighted by Crippen LogP contribution is -2.28. The Morgan fingerprint density at radius 2 is 0.573 bits per heavy atom. The largest absolute Gasteiger partial charge is 0.310 e. The minimum Gasteiger partial charge on any atom is -0.310 e. The lowest BCUT2D eigenvalue weighted by Gasteiger charge is -2.34. The topological polar surface area (TPSA) is 16.3 Å². The van der Waals surface area contributed by atoms with Crippen molar-refractivity contribution in [2.75, 3.05) is 9.80 Å². The van der Waals surface area contributed by atoms with E-state index < -0.39 is 10.8 Å². The Labute approximate surface area is 837 Å². The molecule has 0 aliphatic heterocycles. The van der Waals surface area contributed by atoms with Crippen molar-refractivity contribution in [1.82, 2.24) is 9.13 Å². The van der Waals surface area contributed by atoms with E-state index in [4.69, 9.17) is 0 Å². The molecule has 143 heavy (non-hydrogen) atoms. The third-order valence-electron chi connectivity index (χ3n) is 31.4. The Morgan fingerprint density at radius 3 is 1.13 bits per heavy atom. The highest BCUT2D eigenvalue weighted by atomic mass is 32.1. The van der Waals surface area contributed by atoms with Gasteiger partial charge in [-0.3, -0.25) is 0 Å². The Balaban J connectivity index is 0.518. The summed E-state index contributed by atoms with van der Waals surface area (Å²) >= 11 is 3.88. The normalized spacial score (nSPS) is 13.4. The van der Waals surface area contributed by atoms with Gasteiger partial charge in [-0.2, -0.15) is 0 Å². The second-order valence-electron chi connectivity index (χ2n) is 39.2. The monoisotopic (exact) mass is 1850 g/mol. The van der Waals surface area contributed by atoms with E-state index in [9.17, 15) is 0 Å². The Kier molecular flexibility index (Phi) is 18.6. The number of benzene rings is 22. The fourth-order valence-corrected chi connectivity index (χ4v) is 27.8. The summed E-state index contributed by atoms with van der Waals surface area (Å²) in [5.41, 5.74) is 39.3. The van der Waals surface area contributed by atoms with Crippen LogP contribution in [0.4, 0.5) is 34.1 Å². The van der Waals surface area contributed by atoms with Crippen LogP contribution in [0.3, 0.4) is 0 Å². The molecule has 0 radical (unpaired) electrons. The van der Waals surface area contributed by atoms with Gasteiger partial charge < -0.3 is 18.9 Å². The van der Waals surface area contributed by atoms with Gasteiger partial charge in [-0.25, -0.2) is 0 Å². The van der Waals surface area contributed by atoms with Crippen LogP contribution in [0.1, 0.15) is 68.1 Å². The van der Waals surface area contributed by atoms with Crippen LogP contribution in [0.15, 0.2) is 510 Å². The van der Waals surface area contributed by atoms with Crippen molar-refractivity contribution in [3.8, 4) is 89.3 Å². The van der Waals surface area contributed by atoms with Gasteiger partial charge in [0.2, 0.25) is 0 Å². The van der Waals surface area contributed by atoms with Crippen molar-refractivity contribution in [1.29, 1.82) is 0 Å². The number of para-hydroxylation sites is 3. The van der Waals surface area contributed by atoms with Crippen molar-refractivity contribution in [2.24, 2.45) is 0 Å². The third-order valence-corrected chi connectivity index (χ3v) is 34.0. The highest BCUT2D eigenvalue weighted by molar-refractivity contribution is 7.20. The average molecular weight is 1860 g/mol. The summed E-state index contributed by atoms with van der Waals surface area (Å²) in [6, 6.07) is 192. The molecule has 0 saturated carbocycles. The molecule has 4 heterocycles. The molecule has 3 aliphatic rings. The van der Waals surface area contributed by atoms with Crippen LogP contribution in [-0.4, -0.2) is 9.13 Å². The number of nitrogens with zero attached hydrogens (tertiary/aromatic N) is 4. The maximum Gasteiger partial charge on any atom is 0.0808 e. The number of hydrogen-bond acceptors (Lipinski definition) is 4. The number of rotatable bonds is 16. The maximum absolute atomic E-state index is 2.55. The van der Waals surface area contributed by atoms with Crippen LogP contribution >= 0.6 is 22.7 Å². The van der Waals surface area contributed by atoms with Gasteiger partial charge >= 0.3 is 0 Å². The van der Waals surface area contributed by atoms with Gasteiger partial charge in [0.25, 0.3) is 0 Å². The number of anilines is 6. The van der Waals surface area contributed by atoms with E-state index in [2.05, 4.69) is 542 Å². The molecule has 4 nitrogen and oxygen atoms in total. The van der Waals surface area contributed by atoms with E-state index in [-0.39, 0.29) is 5.41 Å². The quantitative estimate of drug-likeness (QED) is 0.0897. The van der Waals surface area contributed by atoms with Gasteiger partial charge in [-0.05, 0) is 279 Å². The van der Waals surface area contributed by atoms with Crippen LogP contribution in [0.25, 0.3) is 175 Å². The molecule has 0 amide bonds. The van der Waals surface area contributed by atoms with E-state index in [1.54, 1.807) is 0 Å². The van der Waals surface area contributed by atoms with Crippen LogP contribution in [0, 0.1) is 0 Å². The number of aromatic nitrogens is 2. The first-order valence-electron chi connectivity index (χ1n) is 49.6. The lowest BCUT2D eigenvalue weighted by atomic mass is 9.70. The third kappa shape index (κ3) is 12.5. The molecule has 0 bridgehead atoms. The second-order valence-corrected chi connectivity index (χ2v) is 41.3. The van der Waals surface area contributed by atoms with Crippen molar-refractivity contribution in [3.05, 3.63) is 564 Å². The van der Waals surface area contributed by atoms with Gasteiger partial charge in [0.05, 0.1) is 38.6 Å². The molecule has 22 aromatic carbocycles. The molecule has 6 heteroatoms. The zero-order chi connectivity index (χ0) is 94.3. The fraction of sp³-hybridized carbons (Fsp3) is 0.0365. The SMILES string of the molecule is CC1(C)c2ccc(-c3ccc4sc5c(c4c3)-c3ccc(N(c4ccc(-c6ccc7c(c6)c6ccccc6n7-c6ccccc6)cc4)c4cc6ccccc6c6ccccc46)cc3C5(c3ccccc3)c3ccccc3)cc2-c2ccc(-n3c4ccccc4c4cc(-c5ccc(N(c6ccc(-c7ccccc7)cc6)c6ccc7c(c6)C(c6ccccc6)(c6ccccc6)c6sc8ccccc8c6-7)cc5)ccc43)cc21. The minimum atomic E-state index is -0.683. The van der Waals surface area contributed by atoms with Crippen LogP contribution in [-0.2, 0) is 16.2 Å². The Morgan fingerprint density at radius 1 is 0.203 bits per heavy atom. The second kappa shape index (κ2) is 32.3. The molecule has 3 aliphatic carbocycles.